The number of carboxylic acid groups (broad SMARTS) is 1. The molecule has 1 aromatic heterocycles. The molecule has 0 saturated heterocycles. The summed E-state index contributed by atoms with van der Waals surface area (Å²) in [6.07, 6.45) is 4.19. The van der Waals surface area contributed by atoms with Gasteiger partial charge < -0.3 is 15.7 Å². The van der Waals surface area contributed by atoms with Crippen LogP contribution in [0.3, 0.4) is 0 Å². The minimum Gasteiger partial charge on any atom is -0.481 e. The molecule has 1 aliphatic rings. The van der Waals surface area contributed by atoms with Crippen LogP contribution in [0.25, 0.3) is 0 Å². The third kappa shape index (κ3) is 4.44. The van der Waals surface area contributed by atoms with E-state index in [4.69, 9.17) is 0 Å². The first-order chi connectivity index (χ1) is 10.0. The van der Waals surface area contributed by atoms with Crippen LogP contribution in [0.1, 0.15) is 37.0 Å². The molecule has 2 amide bonds. The number of thiophene rings is 1. The molecule has 0 aliphatic heterocycles. The molecular formula is C14H19BrN2O3S. The zero-order chi connectivity index (χ0) is 15.3. The lowest BCUT2D eigenvalue weighted by molar-refractivity contribution is -0.150. The van der Waals surface area contributed by atoms with Gasteiger partial charge in [0.2, 0.25) is 0 Å². The van der Waals surface area contributed by atoms with Crippen LogP contribution >= 0.6 is 27.3 Å². The van der Waals surface area contributed by atoms with E-state index in [0.29, 0.717) is 19.4 Å². The minimum absolute atomic E-state index is 0.197. The summed E-state index contributed by atoms with van der Waals surface area (Å²) in [6.45, 7) is 0.643. The second-order valence-electron chi connectivity index (χ2n) is 5.39. The molecule has 2 rings (SSSR count). The van der Waals surface area contributed by atoms with Crippen molar-refractivity contribution in [2.45, 2.75) is 38.6 Å². The second-order valence-corrected chi connectivity index (χ2v) is 7.94. The summed E-state index contributed by atoms with van der Waals surface area (Å²) in [5.41, 5.74) is -0.790. The quantitative estimate of drug-likeness (QED) is 0.739. The van der Waals surface area contributed by atoms with Crippen molar-refractivity contribution < 1.29 is 14.7 Å². The summed E-state index contributed by atoms with van der Waals surface area (Å²) in [7, 11) is 0. The maximum Gasteiger partial charge on any atom is 0.315 e. The summed E-state index contributed by atoms with van der Waals surface area (Å²) in [6, 6.07) is 3.56. The van der Waals surface area contributed by atoms with Gasteiger partial charge in [0.05, 0.1) is 15.7 Å². The molecule has 3 N–H and O–H groups in total. The molecule has 0 radical (unpaired) electrons. The van der Waals surface area contributed by atoms with Crippen molar-refractivity contribution in [1.29, 1.82) is 0 Å². The van der Waals surface area contributed by atoms with Gasteiger partial charge in [-0.1, -0.05) is 19.3 Å². The predicted octanol–water partition coefficient (Wildman–Crippen LogP) is 3.34. The Morgan fingerprint density at radius 2 is 1.95 bits per heavy atom. The molecule has 21 heavy (non-hydrogen) atoms. The van der Waals surface area contributed by atoms with E-state index in [1.807, 2.05) is 12.1 Å². The topological polar surface area (TPSA) is 78.4 Å². The molecule has 1 fully saturated rings. The fourth-order valence-electron chi connectivity index (χ4n) is 2.62. The second kappa shape index (κ2) is 7.26. The Morgan fingerprint density at radius 1 is 1.24 bits per heavy atom. The smallest absolute Gasteiger partial charge is 0.315 e. The van der Waals surface area contributed by atoms with Gasteiger partial charge in [-0.2, -0.15) is 0 Å². The molecule has 5 nitrogen and oxygen atoms in total. The van der Waals surface area contributed by atoms with E-state index in [9.17, 15) is 14.7 Å². The normalized spacial score (nSPS) is 17.2. The number of halogens is 1. The molecule has 116 valence electrons. The Morgan fingerprint density at radius 3 is 2.52 bits per heavy atom. The van der Waals surface area contributed by atoms with E-state index in [-0.39, 0.29) is 12.6 Å². The highest BCUT2D eigenvalue weighted by molar-refractivity contribution is 9.11. The Labute approximate surface area is 136 Å². The highest BCUT2D eigenvalue weighted by Crippen LogP contribution is 2.35. The van der Waals surface area contributed by atoms with Crippen LogP contribution in [0.2, 0.25) is 0 Å². The van der Waals surface area contributed by atoms with Crippen LogP contribution in [0.5, 0.6) is 0 Å². The van der Waals surface area contributed by atoms with Crippen molar-refractivity contribution in [2.24, 2.45) is 5.41 Å². The maximum atomic E-state index is 11.8. The van der Waals surface area contributed by atoms with Crippen LogP contribution in [-0.4, -0.2) is 23.7 Å². The average molecular weight is 375 g/mol. The highest BCUT2D eigenvalue weighted by Gasteiger charge is 2.39. The van der Waals surface area contributed by atoms with Gasteiger partial charge in [0, 0.05) is 11.4 Å². The number of carboxylic acids is 1. The zero-order valence-electron chi connectivity index (χ0n) is 11.7. The van der Waals surface area contributed by atoms with E-state index >= 15 is 0 Å². The van der Waals surface area contributed by atoms with Gasteiger partial charge in [-0.25, -0.2) is 4.79 Å². The van der Waals surface area contributed by atoms with Crippen LogP contribution in [0, 0.1) is 5.41 Å². The van der Waals surface area contributed by atoms with E-state index in [1.54, 1.807) is 11.3 Å². The van der Waals surface area contributed by atoms with E-state index in [2.05, 4.69) is 26.6 Å². The number of amides is 2. The maximum absolute atomic E-state index is 11.8. The Kier molecular flexibility index (Phi) is 5.64. The van der Waals surface area contributed by atoms with Gasteiger partial charge in [-0.3, -0.25) is 4.79 Å². The molecule has 0 bridgehead atoms. The van der Waals surface area contributed by atoms with Crippen LogP contribution in [0.15, 0.2) is 15.9 Å². The predicted molar refractivity (Wildman–Crippen MR) is 85.4 cm³/mol. The first-order valence-corrected chi connectivity index (χ1v) is 8.62. The van der Waals surface area contributed by atoms with Crippen LogP contribution in [0.4, 0.5) is 4.79 Å². The van der Waals surface area contributed by atoms with E-state index in [0.717, 1.165) is 27.9 Å². The van der Waals surface area contributed by atoms with Gasteiger partial charge in [-0.15, -0.1) is 11.3 Å². The Balaban J connectivity index is 1.80. The first kappa shape index (κ1) is 16.3. The molecule has 0 atom stereocenters. The number of carbonyl (C=O) groups is 2. The lowest BCUT2D eigenvalue weighted by Gasteiger charge is -2.33. The van der Waals surface area contributed by atoms with Gasteiger partial charge in [0.1, 0.15) is 0 Å². The molecule has 1 aromatic rings. The summed E-state index contributed by atoms with van der Waals surface area (Å²) in [4.78, 5) is 24.3. The number of rotatable bonds is 5. The average Bonchev–Trinajstić information content (AvgIpc) is 2.89. The molecule has 1 heterocycles. The van der Waals surface area contributed by atoms with Gasteiger partial charge in [0.25, 0.3) is 0 Å². The van der Waals surface area contributed by atoms with Crippen molar-refractivity contribution in [3.05, 3.63) is 20.8 Å². The van der Waals surface area contributed by atoms with Crippen molar-refractivity contribution in [1.82, 2.24) is 10.6 Å². The van der Waals surface area contributed by atoms with E-state index < -0.39 is 11.4 Å². The van der Waals surface area contributed by atoms with Crippen LogP contribution in [-0.2, 0) is 11.3 Å². The monoisotopic (exact) mass is 374 g/mol. The van der Waals surface area contributed by atoms with Gasteiger partial charge in [0.15, 0.2) is 0 Å². The molecule has 0 aromatic carbocycles. The lowest BCUT2D eigenvalue weighted by Crippen LogP contribution is -2.47. The SMILES string of the molecule is O=C(NCc1ccc(Br)s1)NCC1(C(=O)O)CCCCC1. The molecule has 0 unspecified atom stereocenters. The van der Waals surface area contributed by atoms with E-state index in [1.165, 1.54) is 0 Å². The van der Waals surface area contributed by atoms with Crippen LogP contribution < -0.4 is 10.6 Å². The molecule has 1 saturated carbocycles. The van der Waals surface area contributed by atoms with Crippen molar-refractivity contribution >= 4 is 39.3 Å². The standard InChI is InChI=1S/C14H19BrN2O3S/c15-11-5-4-10(21-11)8-16-13(20)17-9-14(12(18)19)6-2-1-3-7-14/h4-5H,1-3,6-9H2,(H,18,19)(H2,16,17,20). The third-order valence-electron chi connectivity index (χ3n) is 3.90. The summed E-state index contributed by atoms with van der Waals surface area (Å²) < 4.78 is 1.02. The Bertz CT molecular complexity index is 512. The largest absolute Gasteiger partial charge is 0.481 e. The Hall–Kier alpha value is -1.08. The summed E-state index contributed by atoms with van der Waals surface area (Å²) in [5, 5.41) is 14.9. The molecule has 0 spiro atoms. The number of urea groups is 1. The van der Waals surface area contributed by atoms with Crippen molar-refractivity contribution in [2.75, 3.05) is 6.54 Å². The molecule has 7 heteroatoms. The van der Waals surface area contributed by atoms with Crippen molar-refractivity contribution in [3.8, 4) is 0 Å². The molecular weight excluding hydrogens is 356 g/mol. The van der Waals surface area contributed by atoms with Crippen molar-refractivity contribution in [3.63, 3.8) is 0 Å². The third-order valence-corrected chi connectivity index (χ3v) is 5.53. The number of nitrogens with one attached hydrogen (secondary N) is 2. The minimum atomic E-state index is -0.801. The fraction of sp³-hybridized carbons (Fsp3) is 0.571. The highest BCUT2D eigenvalue weighted by atomic mass is 79.9. The zero-order valence-corrected chi connectivity index (χ0v) is 14.1. The first-order valence-electron chi connectivity index (χ1n) is 7.01. The summed E-state index contributed by atoms with van der Waals surface area (Å²) >= 11 is 4.93. The number of aliphatic carboxylic acids is 1. The number of hydrogen-bond acceptors (Lipinski definition) is 3. The lowest BCUT2D eigenvalue weighted by atomic mass is 9.74. The molecule has 1 aliphatic carbocycles. The number of hydrogen-bond donors (Lipinski definition) is 3. The van der Waals surface area contributed by atoms with Gasteiger partial charge in [-0.05, 0) is 40.9 Å². The van der Waals surface area contributed by atoms with Gasteiger partial charge >= 0.3 is 12.0 Å². The summed E-state index contributed by atoms with van der Waals surface area (Å²) in [5.74, 6) is -0.801. The fourth-order valence-corrected chi connectivity index (χ4v) is 4.04. The number of carbonyl (C=O) groups excluding carboxylic acids is 1.